The van der Waals surface area contributed by atoms with Gasteiger partial charge in [0.05, 0.1) is 10.5 Å². The van der Waals surface area contributed by atoms with Gasteiger partial charge in [0.1, 0.15) is 5.75 Å². The van der Waals surface area contributed by atoms with E-state index in [4.69, 9.17) is 0 Å². The van der Waals surface area contributed by atoms with Crippen molar-refractivity contribution in [1.29, 1.82) is 0 Å². The van der Waals surface area contributed by atoms with Crippen molar-refractivity contribution in [2.24, 2.45) is 0 Å². The lowest BCUT2D eigenvalue weighted by Gasteiger charge is -2.07. The Labute approximate surface area is 88.8 Å². The highest BCUT2D eigenvalue weighted by Crippen LogP contribution is 2.34. The van der Waals surface area contributed by atoms with Gasteiger partial charge >= 0.3 is 6.18 Å². The Kier molecular flexibility index (Phi) is 2.13. The number of fused-ring (bicyclic) bond motifs is 1. The molecule has 0 unspecified atom stereocenters. The molecule has 7 heteroatoms. The van der Waals surface area contributed by atoms with E-state index in [0.717, 1.165) is 6.07 Å². The highest BCUT2D eigenvalue weighted by Gasteiger charge is 2.37. The number of rotatable bonds is 0. The Morgan fingerprint density at radius 3 is 2.38 bits per heavy atom. The first kappa shape index (κ1) is 11.1. The average molecular weight is 250 g/mol. The van der Waals surface area contributed by atoms with Crippen molar-refractivity contribution in [3.8, 4) is 0 Å². The van der Waals surface area contributed by atoms with Crippen LogP contribution in [0.15, 0.2) is 23.1 Å². The van der Waals surface area contributed by atoms with Crippen LogP contribution < -0.4 is 0 Å². The summed E-state index contributed by atoms with van der Waals surface area (Å²) in [5.74, 6) is -1.41. The number of hydrogen-bond acceptors (Lipinski definition) is 3. The molecule has 3 nitrogen and oxygen atoms in total. The molecule has 0 aromatic heterocycles. The molecule has 1 heterocycles. The van der Waals surface area contributed by atoms with E-state index in [1.165, 1.54) is 0 Å². The molecule has 16 heavy (non-hydrogen) atoms. The summed E-state index contributed by atoms with van der Waals surface area (Å²) < 4.78 is 59.7. The van der Waals surface area contributed by atoms with Gasteiger partial charge in [-0.15, -0.1) is 0 Å². The maximum atomic E-state index is 12.3. The first-order valence-corrected chi connectivity index (χ1v) is 5.84. The van der Waals surface area contributed by atoms with Crippen LogP contribution in [0.1, 0.15) is 15.9 Å². The van der Waals surface area contributed by atoms with Crippen molar-refractivity contribution in [1.82, 2.24) is 0 Å². The fourth-order valence-electron chi connectivity index (χ4n) is 1.51. The van der Waals surface area contributed by atoms with Crippen molar-refractivity contribution in [2.45, 2.75) is 11.1 Å². The van der Waals surface area contributed by atoms with Crippen LogP contribution in [-0.4, -0.2) is 20.0 Å². The van der Waals surface area contributed by atoms with E-state index in [2.05, 4.69) is 0 Å². The molecule has 0 radical (unpaired) electrons. The van der Waals surface area contributed by atoms with Gasteiger partial charge in [-0.1, -0.05) is 0 Å². The van der Waals surface area contributed by atoms with E-state index < -0.39 is 38.0 Å². The topological polar surface area (TPSA) is 51.2 Å². The number of halogens is 3. The van der Waals surface area contributed by atoms with Crippen molar-refractivity contribution < 1.29 is 26.4 Å². The molecular weight excluding hydrogens is 245 g/mol. The molecule has 1 aliphatic heterocycles. The Balaban J connectivity index is 2.69. The van der Waals surface area contributed by atoms with E-state index >= 15 is 0 Å². The van der Waals surface area contributed by atoms with Gasteiger partial charge in [0.25, 0.3) is 0 Å². The van der Waals surface area contributed by atoms with Crippen molar-refractivity contribution in [2.75, 3.05) is 5.75 Å². The zero-order valence-electron chi connectivity index (χ0n) is 7.71. The summed E-state index contributed by atoms with van der Waals surface area (Å²) in [6, 6.07) is 2.12. The van der Waals surface area contributed by atoms with E-state index in [-0.39, 0.29) is 5.56 Å². The first-order chi connectivity index (χ1) is 7.22. The number of ketones is 1. The fraction of sp³-hybridized carbons (Fsp3) is 0.222. The zero-order chi connectivity index (χ0) is 12.1. The molecule has 1 aromatic rings. The molecule has 0 atom stereocenters. The van der Waals surface area contributed by atoms with Gasteiger partial charge in [-0.25, -0.2) is 8.42 Å². The van der Waals surface area contributed by atoms with Crippen LogP contribution in [0.2, 0.25) is 0 Å². The Morgan fingerprint density at radius 2 is 1.81 bits per heavy atom. The van der Waals surface area contributed by atoms with E-state index in [1.807, 2.05) is 0 Å². The molecule has 0 amide bonds. The lowest BCUT2D eigenvalue weighted by Crippen LogP contribution is -2.06. The minimum atomic E-state index is -4.61. The molecule has 0 saturated heterocycles. The minimum Gasteiger partial charge on any atom is -0.293 e. The second-order valence-electron chi connectivity index (χ2n) is 3.39. The second-order valence-corrected chi connectivity index (χ2v) is 5.35. The van der Waals surface area contributed by atoms with Crippen LogP contribution in [0.3, 0.4) is 0 Å². The summed E-state index contributed by atoms with van der Waals surface area (Å²) in [5.41, 5.74) is -1.22. The average Bonchev–Trinajstić information content (AvgIpc) is 2.36. The number of alkyl halides is 3. The van der Waals surface area contributed by atoms with Gasteiger partial charge in [0.2, 0.25) is 0 Å². The van der Waals surface area contributed by atoms with Gasteiger partial charge in [0.15, 0.2) is 15.6 Å². The zero-order valence-corrected chi connectivity index (χ0v) is 8.52. The molecule has 2 rings (SSSR count). The van der Waals surface area contributed by atoms with Crippen LogP contribution in [0.25, 0.3) is 0 Å². The van der Waals surface area contributed by atoms with Crippen LogP contribution in [0.5, 0.6) is 0 Å². The van der Waals surface area contributed by atoms with Crippen molar-refractivity contribution in [3.63, 3.8) is 0 Å². The van der Waals surface area contributed by atoms with Gasteiger partial charge < -0.3 is 0 Å². The third-order valence-electron chi connectivity index (χ3n) is 2.27. The summed E-state index contributed by atoms with van der Waals surface area (Å²) in [6.45, 7) is 0. The normalized spacial score (nSPS) is 18.6. The molecule has 0 saturated carbocycles. The lowest BCUT2D eigenvalue weighted by atomic mass is 10.1. The predicted octanol–water partition coefficient (Wildman–Crippen LogP) is 1.68. The SMILES string of the molecule is O=C1CS(=O)(=O)c2cc(C(F)(F)F)ccc21. The molecule has 0 aliphatic carbocycles. The second kappa shape index (κ2) is 3.07. The quantitative estimate of drug-likeness (QED) is 0.703. The van der Waals surface area contributed by atoms with Gasteiger partial charge in [-0.3, -0.25) is 4.79 Å². The van der Waals surface area contributed by atoms with E-state index in [1.54, 1.807) is 0 Å². The number of carbonyl (C=O) groups excluding carboxylic acids is 1. The molecule has 0 N–H and O–H groups in total. The minimum absolute atomic E-state index is 0.159. The van der Waals surface area contributed by atoms with E-state index in [0.29, 0.717) is 12.1 Å². The maximum Gasteiger partial charge on any atom is 0.416 e. The van der Waals surface area contributed by atoms with Gasteiger partial charge in [0, 0.05) is 5.56 Å². The summed E-state index contributed by atoms with van der Waals surface area (Å²) in [5, 5.41) is 0. The number of Topliss-reactive ketones (excluding diaryl/α,β-unsaturated/α-hetero) is 1. The number of hydrogen-bond donors (Lipinski definition) is 0. The van der Waals surface area contributed by atoms with Gasteiger partial charge in [-0.05, 0) is 18.2 Å². The summed E-state index contributed by atoms with van der Waals surface area (Å²) >= 11 is 0. The van der Waals surface area contributed by atoms with Crippen molar-refractivity contribution in [3.05, 3.63) is 29.3 Å². The number of carbonyl (C=O) groups is 1. The monoisotopic (exact) mass is 250 g/mol. The highest BCUT2D eigenvalue weighted by molar-refractivity contribution is 7.92. The van der Waals surface area contributed by atoms with E-state index in [9.17, 15) is 26.4 Å². The molecule has 0 fully saturated rings. The van der Waals surface area contributed by atoms with Crippen LogP contribution >= 0.6 is 0 Å². The van der Waals surface area contributed by atoms with Crippen molar-refractivity contribution >= 4 is 15.6 Å². The molecule has 1 aliphatic rings. The summed E-state index contributed by atoms with van der Waals surface area (Å²) in [4.78, 5) is 10.7. The fourth-order valence-corrected chi connectivity index (χ4v) is 2.99. The standard InChI is InChI=1S/C9H5F3O3S/c10-9(11,12)5-1-2-6-7(13)4-16(14,15)8(6)3-5/h1-3H,4H2. The Morgan fingerprint density at radius 1 is 1.19 bits per heavy atom. The largest absolute Gasteiger partial charge is 0.416 e. The Hall–Kier alpha value is -1.37. The lowest BCUT2D eigenvalue weighted by molar-refractivity contribution is -0.137. The summed E-state index contributed by atoms with van der Waals surface area (Å²) in [7, 11) is -3.89. The molecular formula is C9H5F3O3S. The maximum absolute atomic E-state index is 12.3. The molecule has 86 valence electrons. The molecule has 0 spiro atoms. The van der Waals surface area contributed by atoms with Crippen LogP contribution in [0, 0.1) is 0 Å². The van der Waals surface area contributed by atoms with Crippen LogP contribution in [-0.2, 0) is 16.0 Å². The van der Waals surface area contributed by atoms with Crippen LogP contribution in [0.4, 0.5) is 13.2 Å². The molecule has 0 bridgehead atoms. The third kappa shape index (κ3) is 1.60. The number of sulfone groups is 1. The Bertz CT molecular complexity index is 572. The highest BCUT2D eigenvalue weighted by atomic mass is 32.2. The number of benzene rings is 1. The first-order valence-electron chi connectivity index (χ1n) is 4.19. The van der Waals surface area contributed by atoms with Gasteiger partial charge in [-0.2, -0.15) is 13.2 Å². The third-order valence-corrected chi connectivity index (χ3v) is 3.92. The summed E-state index contributed by atoms with van der Waals surface area (Å²) in [6.07, 6.45) is -4.61. The smallest absolute Gasteiger partial charge is 0.293 e. The predicted molar refractivity (Wildman–Crippen MR) is 47.8 cm³/mol. The molecule has 1 aromatic carbocycles.